The number of rotatable bonds is 13. The van der Waals surface area contributed by atoms with Crippen LogP contribution in [0.5, 0.6) is 0 Å². The number of hydrazine groups is 2. The zero-order valence-corrected chi connectivity index (χ0v) is 23.4. The monoisotopic (exact) mass is 592 g/mol. The number of carbonyl (C=O) groups excluding carboxylic acids is 2. The Bertz CT molecular complexity index is 971. The molecule has 38 heavy (non-hydrogen) atoms. The first-order chi connectivity index (χ1) is 17.9. The number of aliphatic hydroxyl groups is 2. The molecule has 206 valence electrons. The van der Waals surface area contributed by atoms with Crippen molar-refractivity contribution in [2.24, 2.45) is 5.84 Å². The van der Waals surface area contributed by atoms with Gasteiger partial charge < -0.3 is 24.7 Å². The van der Waals surface area contributed by atoms with Crippen LogP contribution in [0, 0.1) is 0 Å². The summed E-state index contributed by atoms with van der Waals surface area (Å²) in [6.07, 6.45) is -2.51. The molecule has 0 saturated carbocycles. The number of benzene rings is 2. The Morgan fingerprint density at radius 2 is 1.55 bits per heavy atom. The van der Waals surface area contributed by atoms with Gasteiger partial charge in [0.15, 0.2) is 12.2 Å². The van der Waals surface area contributed by atoms with E-state index in [0.717, 1.165) is 15.6 Å². The van der Waals surface area contributed by atoms with Crippen LogP contribution in [0.25, 0.3) is 0 Å². The van der Waals surface area contributed by atoms with Crippen molar-refractivity contribution in [3.05, 3.63) is 64.1 Å². The Balaban J connectivity index is 0.000000382. The van der Waals surface area contributed by atoms with Crippen molar-refractivity contribution in [1.29, 1.82) is 0 Å². The first kappa shape index (κ1) is 33.7. The molecule has 0 bridgehead atoms. The van der Waals surface area contributed by atoms with Crippen LogP contribution in [0.3, 0.4) is 0 Å². The maximum Gasteiger partial charge on any atom is 0.388 e. The molecule has 0 aromatic heterocycles. The molecule has 0 aliphatic carbocycles. The normalized spacial score (nSPS) is 12.4. The van der Waals surface area contributed by atoms with Crippen LogP contribution >= 0.6 is 15.9 Å². The van der Waals surface area contributed by atoms with Crippen LogP contribution in [0.15, 0.2) is 53.0 Å². The number of nitrogens with two attached hydrogens (primary N) is 1. The van der Waals surface area contributed by atoms with E-state index in [-0.39, 0.29) is 19.7 Å². The van der Waals surface area contributed by atoms with E-state index in [2.05, 4.69) is 30.7 Å². The zero-order chi connectivity index (χ0) is 28.7. The van der Waals surface area contributed by atoms with E-state index >= 15 is 0 Å². The van der Waals surface area contributed by atoms with Crippen LogP contribution in [0.2, 0.25) is 6.82 Å². The topological polar surface area (TPSA) is 158 Å². The van der Waals surface area contributed by atoms with E-state index in [1.807, 2.05) is 36.4 Å². The number of nitrogens with one attached hydrogen (secondary N) is 1. The van der Waals surface area contributed by atoms with Crippen LogP contribution in [0.4, 0.5) is 0 Å². The van der Waals surface area contributed by atoms with Gasteiger partial charge in [-0.05, 0) is 37.0 Å². The van der Waals surface area contributed by atoms with Gasteiger partial charge in [0.2, 0.25) is 0 Å². The summed E-state index contributed by atoms with van der Waals surface area (Å²) in [6.45, 7) is 4.33. The lowest BCUT2D eigenvalue weighted by molar-refractivity contribution is -0.154. The van der Waals surface area contributed by atoms with Gasteiger partial charge in [0.25, 0.3) is 0 Å². The number of hydrogen-bond acceptors (Lipinski definition) is 11. The van der Waals surface area contributed by atoms with Gasteiger partial charge in [0, 0.05) is 24.1 Å². The molecule has 0 aliphatic heterocycles. The number of halogens is 1. The highest BCUT2D eigenvalue weighted by Gasteiger charge is 2.21. The third kappa shape index (κ3) is 14.0. The fourth-order valence-corrected chi connectivity index (χ4v) is 3.38. The molecule has 2 atom stereocenters. The van der Waals surface area contributed by atoms with Gasteiger partial charge in [-0.25, -0.2) is 19.6 Å². The van der Waals surface area contributed by atoms with E-state index < -0.39 is 31.2 Å². The van der Waals surface area contributed by atoms with Gasteiger partial charge in [-0.1, -0.05) is 57.8 Å². The highest BCUT2D eigenvalue weighted by molar-refractivity contribution is 9.10. The summed E-state index contributed by atoms with van der Waals surface area (Å²) in [5.41, 5.74) is 2.59. The third-order valence-electron chi connectivity index (χ3n) is 4.85. The van der Waals surface area contributed by atoms with Gasteiger partial charge in [0.05, 0.1) is 20.3 Å². The van der Waals surface area contributed by atoms with Gasteiger partial charge in [0.1, 0.15) is 7.85 Å². The lowest BCUT2D eigenvalue weighted by Crippen LogP contribution is -2.50. The molecule has 0 saturated heterocycles. The number of methoxy groups -OCH3 is 1. The molecule has 0 amide bonds. The summed E-state index contributed by atoms with van der Waals surface area (Å²) in [5.74, 6) is 4.34. The van der Waals surface area contributed by atoms with Gasteiger partial charge in [-0.3, -0.25) is 11.2 Å². The number of ether oxygens (including phenoxy) is 2. The molecule has 0 heterocycles. The van der Waals surface area contributed by atoms with Crippen molar-refractivity contribution in [3.63, 3.8) is 0 Å². The predicted octanol–water partition coefficient (Wildman–Crippen LogP) is -0.520. The lowest BCUT2D eigenvalue weighted by atomic mass is 9.91. The molecule has 2 aromatic rings. The van der Waals surface area contributed by atoms with E-state index in [4.69, 9.17) is 13.7 Å². The van der Waals surface area contributed by atoms with Gasteiger partial charge >= 0.3 is 19.0 Å². The summed E-state index contributed by atoms with van der Waals surface area (Å²) in [7, 11) is 5.98. The SMILES string of the molecule is COC(=O)[C@H](O)CN(Cc1ccc(Br)cc1)NB(C)O.[B]c1ccc(CN(N)C[C@@H](O)C(=O)OCC)cc1. The highest BCUT2D eigenvalue weighted by Crippen LogP contribution is 2.12. The van der Waals surface area contributed by atoms with Crippen LogP contribution in [0.1, 0.15) is 18.1 Å². The van der Waals surface area contributed by atoms with Crippen molar-refractivity contribution < 1.29 is 34.3 Å². The van der Waals surface area contributed by atoms with E-state index in [1.54, 1.807) is 30.9 Å². The summed E-state index contributed by atoms with van der Waals surface area (Å²) in [5, 5.41) is 34.3. The molecule has 14 heteroatoms. The van der Waals surface area contributed by atoms with Crippen LogP contribution in [-0.4, -0.2) is 91.1 Å². The first-order valence-corrected chi connectivity index (χ1v) is 12.6. The second-order valence-corrected chi connectivity index (χ2v) is 9.21. The standard InChI is InChI=1S/C12H18BBrN2O4.C12H17BN2O3/c1-13(19)15-16(8-11(17)12(18)20-2)7-9-3-5-10(14)6-4-9;1-2-18-12(17)11(16)8-15(14)7-9-3-5-10(13)6-4-9/h3-6,11,15,17,19H,7-8H2,1-2H3;3-6,11,16H,2,7-8,14H2,1H3/t2*11-/m11/s1. The van der Waals surface area contributed by atoms with Crippen molar-refractivity contribution in [3.8, 4) is 0 Å². The fourth-order valence-electron chi connectivity index (χ4n) is 3.11. The minimum atomic E-state index is -1.28. The molecule has 0 aliphatic rings. The molecular formula is C24H35B2BrN4O7. The van der Waals surface area contributed by atoms with E-state index in [9.17, 15) is 24.8 Å². The molecule has 11 nitrogen and oxygen atoms in total. The molecular weight excluding hydrogens is 558 g/mol. The second kappa shape index (κ2) is 18.1. The molecule has 0 spiro atoms. The average Bonchev–Trinajstić information content (AvgIpc) is 2.86. The Hall–Kier alpha value is -2.29. The smallest absolute Gasteiger partial charge is 0.388 e. The van der Waals surface area contributed by atoms with Gasteiger partial charge in [-0.15, -0.1) is 0 Å². The van der Waals surface area contributed by atoms with Crippen molar-refractivity contribution in [1.82, 2.24) is 15.4 Å². The largest absolute Gasteiger partial charge is 0.467 e. The summed E-state index contributed by atoms with van der Waals surface area (Å²) in [6, 6.07) is 14.8. The first-order valence-electron chi connectivity index (χ1n) is 11.8. The fraction of sp³-hybridized carbons (Fsp3) is 0.417. The molecule has 2 rings (SSSR count). The lowest BCUT2D eigenvalue weighted by Gasteiger charge is -2.25. The van der Waals surface area contributed by atoms with Crippen LogP contribution < -0.4 is 16.6 Å². The van der Waals surface area contributed by atoms with Crippen molar-refractivity contribution in [2.75, 3.05) is 26.8 Å². The van der Waals surface area contributed by atoms with E-state index in [0.29, 0.717) is 18.6 Å². The maximum atomic E-state index is 11.2. The van der Waals surface area contributed by atoms with Gasteiger partial charge in [-0.2, -0.15) is 0 Å². The zero-order valence-electron chi connectivity index (χ0n) is 21.8. The summed E-state index contributed by atoms with van der Waals surface area (Å²) < 4.78 is 10.1. The Kier molecular flexibility index (Phi) is 16.1. The van der Waals surface area contributed by atoms with Crippen LogP contribution in [-0.2, 0) is 32.2 Å². The Labute approximate surface area is 233 Å². The third-order valence-corrected chi connectivity index (χ3v) is 5.38. The minimum Gasteiger partial charge on any atom is -0.467 e. The van der Waals surface area contributed by atoms with Crippen molar-refractivity contribution in [2.45, 2.75) is 39.0 Å². The average molecular weight is 593 g/mol. The molecule has 2 radical (unpaired) electrons. The minimum absolute atomic E-state index is 0.00758. The number of carbonyl (C=O) groups is 2. The predicted molar refractivity (Wildman–Crippen MR) is 149 cm³/mol. The van der Waals surface area contributed by atoms with Crippen molar-refractivity contribution >= 4 is 48.2 Å². The maximum absolute atomic E-state index is 11.2. The summed E-state index contributed by atoms with van der Waals surface area (Å²) >= 11 is 3.35. The molecule has 0 fully saturated rings. The highest BCUT2D eigenvalue weighted by atomic mass is 79.9. The molecule has 2 aromatic carbocycles. The number of hydrogen-bond donors (Lipinski definition) is 5. The Morgan fingerprint density at radius 3 is 2.08 bits per heavy atom. The Morgan fingerprint density at radius 1 is 1.03 bits per heavy atom. The quantitative estimate of drug-likeness (QED) is 0.0882. The second-order valence-electron chi connectivity index (χ2n) is 8.29. The number of aliphatic hydroxyl groups excluding tert-OH is 2. The molecule has 0 unspecified atom stereocenters. The summed E-state index contributed by atoms with van der Waals surface area (Å²) in [4.78, 5) is 22.4. The van der Waals surface area contributed by atoms with E-state index in [1.165, 1.54) is 12.1 Å². The number of nitrogens with zero attached hydrogens (tertiary/aromatic N) is 2. The molecule has 6 N–H and O–H groups in total. The number of esters is 2.